The molecule has 254 valence electrons. The van der Waals surface area contributed by atoms with Crippen LogP contribution in [0.2, 0.25) is 0 Å². The fourth-order valence-electron chi connectivity index (χ4n) is 7.36. The van der Waals surface area contributed by atoms with Crippen molar-refractivity contribution in [3.05, 3.63) is 200 Å². The molecule has 0 saturated carbocycles. The van der Waals surface area contributed by atoms with Gasteiger partial charge < -0.3 is 0 Å². The van der Waals surface area contributed by atoms with E-state index >= 15 is 0 Å². The van der Waals surface area contributed by atoms with Crippen LogP contribution in [0.15, 0.2) is 200 Å². The number of nitrogens with zero attached hydrogens (tertiary/aromatic N) is 5. The molecule has 0 aliphatic heterocycles. The van der Waals surface area contributed by atoms with Crippen LogP contribution in [0.3, 0.4) is 0 Å². The number of rotatable bonds is 7. The van der Waals surface area contributed by atoms with Gasteiger partial charge in [0.15, 0.2) is 0 Å². The number of pyridine rings is 3. The summed E-state index contributed by atoms with van der Waals surface area (Å²) in [6.45, 7) is 0. The van der Waals surface area contributed by atoms with Crippen LogP contribution in [0.1, 0.15) is 0 Å². The number of hydrogen-bond donors (Lipinski definition) is 0. The van der Waals surface area contributed by atoms with Crippen molar-refractivity contribution in [2.75, 3.05) is 0 Å². The Morgan fingerprint density at radius 3 is 1.07 bits per heavy atom. The van der Waals surface area contributed by atoms with Gasteiger partial charge in [-0.2, -0.15) is 0 Å². The van der Waals surface area contributed by atoms with E-state index in [4.69, 9.17) is 15.0 Å². The quantitative estimate of drug-likeness (QED) is 0.167. The average Bonchev–Trinajstić information content (AvgIpc) is 3.84. The first-order valence-corrected chi connectivity index (χ1v) is 18.1. The van der Waals surface area contributed by atoms with Crippen LogP contribution in [-0.4, -0.2) is 23.8 Å². The van der Waals surface area contributed by atoms with Gasteiger partial charge in [0, 0.05) is 45.8 Å². The molecule has 0 saturated heterocycles. The van der Waals surface area contributed by atoms with Gasteiger partial charge in [0.25, 0.3) is 0 Å². The maximum atomic E-state index is 5.26. The van der Waals surface area contributed by atoms with E-state index in [2.05, 4.69) is 173 Å². The van der Waals surface area contributed by atoms with Gasteiger partial charge >= 0.3 is 0 Å². The molecule has 0 radical (unpaired) electrons. The molecule has 10 aromatic rings. The molecule has 0 unspecified atom stereocenters. The second-order valence-corrected chi connectivity index (χ2v) is 13.4. The van der Waals surface area contributed by atoms with Gasteiger partial charge in [-0.25, -0.2) is 15.0 Å². The molecule has 0 fully saturated rings. The molecule has 0 spiro atoms. The Morgan fingerprint density at radius 1 is 0.278 bits per heavy atom. The highest BCUT2D eigenvalue weighted by atomic mass is 15.0. The Hall–Kier alpha value is -7.37. The molecule has 0 aliphatic carbocycles. The third-order valence-corrected chi connectivity index (χ3v) is 9.99. The normalized spacial score (nSPS) is 11.3. The number of aromatic nitrogens is 5. The van der Waals surface area contributed by atoms with Crippen molar-refractivity contribution < 1.29 is 0 Å². The fraction of sp³-hybridized carbons (Fsp3) is 0. The average molecular weight is 692 g/mol. The van der Waals surface area contributed by atoms with Crippen LogP contribution >= 0.6 is 0 Å². The Labute approximate surface area is 313 Å². The first kappa shape index (κ1) is 31.4. The summed E-state index contributed by atoms with van der Waals surface area (Å²) in [5.74, 6) is 0. The van der Waals surface area contributed by atoms with Crippen LogP contribution < -0.4 is 0 Å². The van der Waals surface area contributed by atoms with E-state index in [1.165, 1.54) is 0 Å². The summed E-state index contributed by atoms with van der Waals surface area (Å²) in [6, 6.07) is 65.4. The third kappa shape index (κ3) is 5.65. The maximum Gasteiger partial charge on any atom is 0.137 e. The molecule has 0 atom stereocenters. The van der Waals surface area contributed by atoms with Crippen molar-refractivity contribution in [3.8, 4) is 78.7 Å². The predicted molar refractivity (Wildman–Crippen MR) is 220 cm³/mol. The zero-order valence-corrected chi connectivity index (χ0v) is 29.3. The van der Waals surface area contributed by atoms with E-state index in [-0.39, 0.29) is 0 Å². The maximum absolute atomic E-state index is 5.26. The largest absolute Gasteiger partial charge is 0.299 e. The van der Waals surface area contributed by atoms with Gasteiger partial charge in [-0.15, -0.1) is 0 Å². The minimum absolute atomic E-state index is 0.909. The third-order valence-electron chi connectivity index (χ3n) is 9.99. The van der Waals surface area contributed by atoms with Crippen molar-refractivity contribution >= 4 is 11.3 Å². The summed E-state index contributed by atoms with van der Waals surface area (Å²) >= 11 is 0. The molecular formula is C49H33N5. The Bertz CT molecular complexity index is 2710. The summed E-state index contributed by atoms with van der Waals surface area (Å²) in [7, 11) is 0. The lowest BCUT2D eigenvalue weighted by atomic mass is 9.98. The zero-order valence-electron chi connectivity index (χ0n) is 29.3. The lowest BCUT2D eigenvalue weighted by Gasteiger charge is -2.12. The smallest absolute Gasteiger partial charge is 0.137 e. The summed E-state index contributed by atoms with van der Waals surface area (Å²) in [5, 5.41) is 0. The Kier molecular flexibility index (Phi) is 7.73. The zero-order chi connectivity index (χ0) is 35.8. The van der Waals surface area contributed by atoms with Gasteiger partial charge in [0.2, 0.25) is 0 Å². The highest BCUT2D eigenvalue weighted by Crippen LogP contribution is 2.37. The number of hydrogen-bond acceptors (Lipinski definition) is 3. The molecule has 5 nitrogen and oxygen atoms in total. The standard InChI is InChI=1S/C49H33N5/c1-4-14-34(15-5-1)41-32-42(35-22-26-37(27-23-35)46-48(39-16-6-2-7-17-39)53-30-12-10-20-44(53)51-46)50-43(33-41)36-24-28-38(29-25-36)47-49(40-18-8-3-9-19-40)54-31-13-11-21-45(54)52-47/h1-33H. The molecule has 5 heteroatoms. The monoisotopic (exact) mass is 691 g/mol. The van der Waals surface area contributed by atoms with Crippen molar-refractivity contribution in [2.45, 2.75) is 0 Å². The van der Waals surface area contributed by atoms with Crippen molar-refractivity contribution in [3.63, 3.8) is 0 Å². The minimum Gasteiger partial charge on any atom is -0.299 e. The number of fused-ring (bicyclic) bond motifs is 2. The van der Waals surface area contributed by atoms with Crippen molar-refractivity contribution in [1.82, 2.24) is 23.8 Å². The van der Waals surface area contributed by atoms with Crippen LogP contribution in [-0.2, 0) is 0 Å². The lowest BCUT2D eigenvalue weighted by Crippen LogP contribution is -1.92. The molecular weight excluding hydrogens is 659 g/mol. The molecule has 0 bridgehead atoms. The van der Waals surface area contributed by atoms with Gasteiger partial charge in [-0.1, -0.05) is 152 Å². The number of imidazole rings is 2. The van der Waals surface area contributed by atoms with Crippen molar-refractivity contribution in [1.29, 1.82) is 0 Å². The molecule has 10 rings (SSSR count). The van der Waals surface area contributed by atoms with E-state index < -0.39 is 0 Å². The van der Waals surface area contributed by atoms with E-state index in [0.29, 0.717) is 0 Å². The van der Waals surface area contributed by atoms with Gasteiger partial charge in [-0.05, 0) is 47.5 Å². The molecule has 54 heavy (non-hydrogen) atoms. The molecule has 5 aromatic carbocycles. The molecule has 5 aromatic heterocycles. The van der Waals surface area contributed by atoms with Gasteiger partial charge in [0.05, 0.1) is 34.2 Å². The second-order valence-electron chi connectivity index (χ2n) is 13.4. The highest BCUT2D eigenvalue weighted by molar-refractivity contribution is 5.85. The summed E-state index contributed by atoms with van der Waals surface area (Å²) in [6.07, 6.45) is 4.16. The van der Waals surface area contributed by atoms with E-state index in [0.717, 1.165) is 90.0 Å². The SMILES string of the molecule is c1ccc(-c2cc(-c3ccc(-c4nc5ccccn5c4-c4ccccc4)cc3)nc(-c3ccc(-c4nc5ccccn5c4-c4ccccc4)cc3)c2)cc1. The first-order valence-electron chi connectivity index (χ1n) is 18.1. The Balaban J connectivity index is 1.05. The predicted octanol–water partition coefficient (Wildman–Crippen LogP) is 12.0. The topological polar surface area (TPSA) is 47.5 Å². The minimum atomic E-state index is 0.909. The summed E-state index contributed by atoms with van der Waals surface area (Å²) in [5.41, 5.74) is 16.4. The molecule has 5 heterocycles. The van der Waals surface area contributed by atoms with Crippen LogP contribution in [0.5, 0.6) is 0 Å². The summed E-state index contributed by atoms with van der Waals surface area (Å²) in [4.78, 5) is 15.4. The fourth-order valence-corrected chi connectivity index (χ4v) is 7.36. The first-order chi connectivity index (χ1) is 26.8. The van der Waals surface area contributed by atoms with Gasteiger partial charge in [0.1, 0.15) is 11.3 Å². The number of benzene rings is 5. The van der Waals surface area contributed by atoms with Crippen LogP contribution in [0, 0.1) is 0 Å². The second kappa shape index (κ2) is 13.3. The molecule has 0 N–H and O–H groups in total. The molecule has 0 amide bonds. The Morgan fingerprint density at radius 2 is 0.648 bits per heavy atom. The van der Waals surface area contributed by atoms with E-state index in [1.807, 2.05) is 36.4 Å². The van der Waals surface area contributed by atoms with E-state index in [9.17, 15) is 0 Å². The van der Waals surface area contributed by atoms with E-state index in [1.54, 1.807) is 0 Å². The van der Waals surface area contributed by atoms with Crippen molar-refractivity contribution in [2.24, 2.45) is 0 Å². The van der Waals surface area contributed by atoms with Gasteiger partial charge in [-0.3, -0.25) is 8.80 Å². The van der Waals surface area contributed by atoms with Crippen LogP contribution in [0.25, 0.3) is 90.0 Å². The lowest BCUT2D eigenvalue weighted by molar-refractivity contribution is 1.19. The van der Waals surface area contributed by atoms with Crippen LogP contribution in [0.4, 0.5) is 0 Å². The highest BCUT2D eigenvalue weighted by Gasteiger charge is 2.18. The summed E-state index contributed by atoms with van der Waals surface area (Å²) < 4.78 is 4.33. The molecule has 0 aliphatic rings.